The van der Waals surface area contributed by atoms with Crippen LogP contribution in [0.2, 0.25) is 0 Å². The lowest BCUT2D eigenvalue weighted by atomic mass is 10.2. The minimum Gasteiger partial charge on any atom is -0.497 e. The summed E-state index contributed by atoms with van der Waals surface area (Å²) >= 11 is 1.31. The molecule has 3 rings (SSSR count). The van der Waals surface area contributed by atoms with E-state index >= 15 is 0 Å². The van der Waals surface area contributed by atoms with Crippen molar-refractivity contribution in [2.24, 2.45) is 0 Å². The Labute approximate surface area is 138 Å². The van der Waals surface area contributed by atoms with Crippen molar-refractivity contribution in [3.05, 3.63) is 54.7 Å². The molecule has 0 radical (unpaired) electrons. The number of nitrogens with zero attached hydrogens (tertiary/aromatic N) is 2. The normalized spacial score (nSPS) is 10.5. The van der Waals surface area contributed by atoms with Crippen molar-refractivity contribution < 1.29 is 9.53 Å². The number of carbonyl (C=O) groups is 1. The number of anilines is 1. The Morgan fingerprint density at radius 1 is 1.17 bits per heavy atom. The van der Waals surface area contributed by atoms with Gasteiger partial charge in [0.2, 0.25) is 5.91 Å². The molecule has 0 saturated heterocycles. The van der Waals surface area contributed by atoms with E-state index in [1.807, 2.05) is 24.3 Å². The second kappa shape index (κ2) is 7.11. The molecule has 1 amide bonds. The van der Waals surface area contributed by atoms with Crippen LogP contribution in [0, 0.1) is 0 Å². The smallest absolute Gasteiger partial charge is 0.234 e. The fourth-order valence-corrected chi connectivity index (χ4v) is 2.65. The van der Waals surface area contributed by atoms with Crippen LogP contribution in [-0.4, -0.2) is 28.7 Å². The number of thioether (sulfide) groups is 1. The third kappa shape index (κ3) is 3.98. The van der Waals surface area contributed by atoms with Gasteiger partial charge < -0.3 is 10.1 Å². The van der Waals surface area contributed by atoms with Gasteiger partial charge in [-0.15, -0.1) is 0 Å². The Morgan fingerprint density at radius 2 is 1.96 bits per heavy atom. The first kappa shape index (κ1) is 15.3. The van der Waals surface area contributed by atoms with Crippen LogP contribution < -0.4 is 10.1 Å². The monoisotopic (exact) mass is 325 g/mol. The number of para-hydroxylation sites is 1. The van der Waals surface area contributed by atoms with Crippen molar-refractivity contribution in [1.29, 1.82) is 0 Å². The Balaban J connectivity index is 1.58. The van der Waals surface area contributed by atoms with E-state index in [-0.39, 0.29) is 11.7 Å². The van der Waals surface area contributed by atoms with Gasteiger partial charge in [0.15, 0.2) is 5.16 Å². The Kier molecular flexibility index (Phi) is 4.73. The van der Waals surface area contributed by atoms with Gasteiger partial charge in [0.05, 0.1) is 18.4 Å². The Bertz CT molecular complexity index is 821. The summed E-state index contributed by atoms with van der Waals surface area (Å²) in [4.78, 5) is 20.7. The second-order valence-electron chi connectivity index (χ2n) is 4.78. The molecule has 0 fully saturated rings. The summed E-state index contributed by atoms with van der Waals surface area (Å²) in [6, 6.07) is 15.0. The zero-order valence-electron chi connectivity index (χ0n) is 12.5. The fraction of sp³-hybridized carbons (Fsp3) is 0.118. The van der Waals surface area contributed by atoms with Crippen LogP contribution in [0.5, 0.6) is 5.75 Å². The molecule has 0 spiro atoms. The summed E-state index contributed by atoms with van der Waals surface area (Å²) in [5.41, 5.74) is 1.61. The number of rotatable bonds is 5. The molecule has 0 aliphatic heterocycles. The number of fused-ring (bicyclic) bond motifs is 1. The molecule has 116 valence electrons. The minimum atomic E-state index is -0.100. The van der Waals surface area contributed by atoms with E-state index in [4.69, 9.17) is 4.74 Å². The summed E-state index contributed by atoms with van der Waals surface area (Å²) in [5.74, 6) is 0.906. The van der Waals surface area contributed by atoms with Gasteiger partial charge in [0.25, 0.3) is 0 Å². The van der Waals surface area contributed by atoms with Gasteiger partial charge in [-0.2, -0.15) is 0 Å². The number of hydrogen-bond acceptors (Lipinski definition) is 5. The average Bonchev–Trinajstić information content (AvgIpc) is 2.60. The first-order valence-corrected chi connectivity index (χ1v) is 8.01. The van der Waals surface area contributed by atoms with Gasteiger partial charge in [-0.3, -0.25) is 4.79 Å². The lowest BCUT2D eigenvalue weighted by Gasteiger charge is -2.06. The molecule has 1 aromatic heterocycles. The zero-order chi connectivity index (χ0) is 16.1. The summed E-state index contributed by atoms with van der Waals surface area (Å²) in [5, 5.41) is 4.41. The number of aromatic nitrogens is 2. The highest BCUT2D eigenvalue weighted by Gasteiger charge is 2.06. The van der Waals surface area contributed by atoms with E-state index in [0.29, 0.717) is 5.16 Å². The third-order valence-corrected chi connectivity index (χ3v) is 4.03. The molecule has 1 N–H and O–H groups in total. The van der Waals surface area contributed by atoms with E-state index in [1.165, 1.54) is 11.8 Å². The van der Waals surface area contributed by atoms with Gasteiger partial charge >= 0.3 is 0 Å². The van der Waals surface area contributed by atoms with Gasteiger partial charge in [-0.05, 0) is 30.3 Å². The maximum absolute atomic E-state index is 12.0. The largest absolute Gasteiger partial charge is 0.497 e. The van der Waals surface area contributed by atoms with Crippen LogP contribution in [0.25, 0.3) is 10.9 Å². The molecular weight excluding hydrogens is 310 g/mol. The van der Waals surface area contributed by atoms with Crippen LogP contribution in [-0.2, 0) is 4.79 Å². The summed E-state index contributed by atoms with van der Waals surface area (Å²) in [6.07, 6.45) is 1.77. The third-order valence-electron chi connectivity index (χ3n) is 3.17. The molecule has 0 bridgehead atoms. The van der Waals surface area contributed by atoms with Gasteiger partial charge in [0.1, 0.15) is 5.75 Å². The molecule has 0 saturated carbocycles. The van der Waals surface area contributed by atoms with E-state index in [2.05, 4.69) is 15.3 Å². The molecular formula is C17H15N3O2S. The van der Waals surface area contributed by atoms with Gasteiger partial charge in [-0.25, -0.2) is 9.97 Å². The first-order valence-electron chi connectivity index (χ1n) is 7.03. The standard InChI is InChI=1S/C17H15N3O2S/c1-22-14-8-6-13(7-9-14)19-16(21)11-23-17-18-10-12-4-2-3-5-15(12)20-17/h2-10H,11H2,1H3,(H,19,21). The van der Waals surface area contributed by atoms with Gasteiger partial charge in [-0.1, -0.05) is 30.0 Å². The number of carbonyl (C=O) groups excluding carboxylic acids is 1. The summed E-state index contributed by atoms with van der Waals surface area (Å²) in [7, 11) is 1.60. The van der Waals surface area contributed by atoms with Crippen LogP contribution >= 0.6 is 11.8 Å². The highest BCUT2D eigenvalue weighted by Crippen LogP contribution is 2.18. The molecule has 5 nitrogen and oxygen atoms in total. The molecule has 23 heavy (non-hydrogen) atoms. The number of amides is 1. The number of hydrogen-bond donors (Lipinski definition) is 1. The van der Waals surface area contributed by atoms with Crippen molar-refractivity contribution in [2.75, 3.05) is 18.2 Å². The maximum atomic E-state index is 12.0. The van der Waals surface area contributed by atoms with Crippen LogP contribution in [0.3, 0.4) is 0 Å². The summed E-state index contributed by atoms with van der Waals surface area (Å²) < 4.78 is 5.08. The number of nitrogens with one attached hydrogen (secondary N) is 1. The Morgan fingerprint density at radius 3 is 2.74 bits per heavy atom. The number of ether oxygens (including phenoxy) is 1. The highest BCUT2D eigenvalue weighted by atomic mass is 32.2. The lowest BCUT2D eigenvalue weighted by Crippen LogP contribution is -2.14. The molecule has 3 aromatic rings. The maximum Gasteiger partial charge on any atom is 0.234 e. The molecule has 6 heteroatoms. The predicted molar refractivity (Wildman–Crippen MR) is 91.9 cm³/mol. The summed E-state index contributed by atoms with van der Waals surface area (Å²) in [6.45, 7) is 0. The van der Waals surface area contributed by atoms with Crippen molar-refractivity contribution >= 4 is 34.3 Å². The lowest BCUT2D eigenvalue weighted by molar-refractivity contribution is -0.113. The molecule has 0 atom stereocenters. The molecule has 0 aliphatic carbocycles. The van der Waals surface area contributed by atoms with Crippen LogP contribution in [0.4, 0.5) is 5.69 Å². The first-order chi connectivity index (χ1) is 11.2. The molecule has 1 heterocycles. The Hall–Kier alpha value is -2.60. The predicted octanol–water partition coefficient (Wildman–Crippen LogP) is 3.37. The van der Waals surface area contributed by atoms with E-state index in [9.17, 15) is 4.79 Å². The number of methoxy groups -OCH3 is 1. The SMILES string of the molecule is COc1ccc(NC(=O)CSc2ncc3ccccc3n2)cc1. The van der Waals surface area contributed by atoms with Crippen molar-refractivity contribution in [2.45, 2.75) is 5.16 Å². The van der Waals surface area contributed by atoms with Gasteiger partial charge in [0, 0.05) is 17.3 Å². The molecule has 0 unspecified atom stereocenters. The van der Waals surface area contributed by atoms with E-state index in [1.54, 1.807) is 37.6 Å². The molecule has 0 aliphatic rings. The highest BCUT2D eigenvalue weighted by molar-refractivity contribution is 7.99. The van der Waals surface area contributed by atoms with Crippen molar-refractivity contribution in [1.82, 2.24) is 9.97 Å². The van der Waals surface area contributed by atoms with E-state index in [0.717, 1.165) is 22.3 Å². The van der Waals surface area contributed by atoms with Crippen LogP contribution in [0.15, 0.2) is 59.9 Å². The average molecular weight is 325 g/mol. The fourth-order valence-electron chi connectivity index (χ4n) is 2.03. The second-order valence-corrected chi connectivity index (χ2v) is 5.72. The van der Waals surface area contributed by atoms with Crippen LogP contribution in [0.1, 0.15) is 0 Å². The zero-order valence-corrected chi connectivity index (χ0v) is 13.3. The molecule has 2 aromatic carbocycles. The quantitative estimate of drug-likeness (QED) is 0.575. The number of benzene rings is 2. The van der Waals surface area contributed by atoms with Crippen molar-refractivity contribution in [3.63, 3.8) is 0 Å². The topological polar surface area (TPSA) is 64.1 Å². The van der Waals surface area contributed by atoms with E-state index < -0.39 is 0 Å². The minimum absolute atomic E-state index is 0.100. The van der Waals surface area contributed by atoms with Crippen molar-refractivity contribution in [3.8, 4) is 5.75 Å².